The van der Waals surface area contributed by atoms with Gasteiger partial charge in [-0.25, -0.2) is 0 Å². The summed E-state index contributed by atoms with van der Waals surface area (Å²) in [6, 6.07) is 10.6. The Morgan fingerprint density at radius 1 is 1.00 bits per heavy atom. The fourth-order valence-corrected chi connectivity index (χ4v) is 2.56. The first-order valence-corrected chi connectivity index (χ1v) is 7.14. The van der Waals surface area contributed by atoms with E-state index in [1.165, 1.54) is 0 Å². The van der Waals surface area contributed by atoms with Crippen LogP contribution in [0, 0.1) is 0 Å². The predicted molar refractivity (Wildman–Crippen MR) is 84.7 cm³/mol. The van der Waals surface area contributed by atoms with Crippen molar-refractivity contribution >= 4 is 23.2 Å². The van der Waals surface area contributed by atoms with Crippen LogP contribution in [0.25, 0.3) is 0 Å². The Hall–Kier alpha value is -1.42. The van der Waals surface area contributed by atoms with Gasteiger partial charge in [-0.2, -0.15) is 0 Å². The Kier molecular flexibility index (Phi) is 5.34. The largest absolute Gasteiger partial charge is 0.493 e. The van der Waals surface area contributed by atoms with E-state index < -0.39 is 6.10 Å². The summed E-state index contributed by atoms with van der Waals surface area (Å²) in [4.78, 5) is 0. The van der Waals surface area contributed by atoms with Crippen LogP contribution in [-0.4, -0.2) is 19.3 Å². The van der Waals surface area contributed by atoms with Gasteiger partial charge < -0.3 is 14.6 Å². The highest BCUT2D eigenvalue weighted by Gasteiger charge is 2.14. The van der Waals surface area contributed by atoms with Crippen LogP contribution >= 0.6 is 23.2 Å². The molecule has 0 spiro atoms. The second-order valence-corrected chi connectivity index (χ2v) is 5.41. The maximum absolute atomic E-state index is 10.4. The Balaban J connectivity index is 2.21. The molecule has 1 unspecified atom stereocenters. The fraction of sp³-hybridized carbons (Fsp3) is 0.250. The van der Waals surface area contributed by atoms with E-state index in [4.69, 9.17) is 32.7 Å². The van der Waals surface area contributed by atoms with E-state index in [0.29, 0.717) is 28.0 Å². The number of hydrogen-bond acceptors (Lipinski definition) is 3. The second kappa shape index (κ2) is 7.03. The van der Waals surface area contributed by atoms with Crippen LogP contribution in [0.1, 0.15) is 17.2 Å². The van der Waals surface area contributed by atoms with Crippen molar-refractivity contribution in [2.75, 3.05) is 14.2 Å². The third kappa shape index (κ3) is 3.82. The van der Waals surface area contributed by atoms with E-state index in [9.17, 15) is 5.11 Å². The van der Waals surface area contributed by atoms with Crippen LogP contribution in [0.3, 0.4) is 0 Å². The van der Waals surface area contributed by atoms with Gasteiger partial charge in [0.15, 0.2) is 11.5 Å². The summed E-state index contributed by atoms with van der Waals surface area (Å²) in [6.45, 7) is 0. The molecule has 2 aromatic carbocycles. The molecule has 3 nitrogen and oxygen atoms in total. The smallest absolute Gasteiger partial charge is 0.161 e. The van der Waals surface area contributed by atoms with E-state index in [0.717, 1.165) is 11.1 Å². The van der Waals surface area contributed by atoms with Crippen molar-refractivity contribution < 1.29 is 14.6 Å². The van der Waals surface area contributed by atoms with Crippen LogP contribution < -0.4 is 9.47 Å². The number of ether oxygens (including phenoxy) is 2. The second-order valence-electron chi connectivity index (χ2n) is 4.57. The number of aliphatic hydroxyl groups is 1. The molecule has 21 heavy (non-hydrogen) atoms. The summed E-state index contributed by atoms with van der Waals surface area (Å²) in [6.07, 6.45) is -0.297. The number of methoxy groups -OCH3 is 2. The van der Waals surface area contributed by atoms with Gasteiger partial charge in [-0.15, -0.1) is 0 Å². The molecule has 0 radical (unpaired) electrons. The number of aliphatic hydroxyl groups excluding tert-OH is 1. The van der Waals surface area contributed by atoms with Crippen LogP contribution in [-0.2, 0) is 6.42 Å². The lowest BCUT2D eigenvalue weighted by Crippen LogP contribution is -2.03. The quantitative estimate of drug-likeness (QED) is 0.890. The van der Waals surface area contributed by atoms with Crippen molar-refractivity contribution in [1.82, 2.24) is 0 Å². The summed E-state index contributed by atoms with van der Waals surface area (Å²) in [5, 5.41) is 11.5. The standard InChI is InChI=1S/C16H16Cl2O3/c1-20-15-6-4-11(8-16(15)21-2)14(19)7-10-3-5-12(17)9-13(10)18/h3-6,8-9,14,19H,7H2,1-2H3. The molecule has 112 valence electrons. The Morgan fingerprint density at radius 3 is 2.33 bits per heavy atom. The highest BCUT2D eigenvalue weighted by molar-refractivity contribution is 6.35. The molecule has 2 rings (SSSR count). The fourth-order valence-electron chi connectivity index (χ4n) is 2.07. The average molecular weight is 327 g/mol. The van der Waals surface area contributed by atoms with Crippen LogP contribution in [0.15, 0.2) is 36.4 Å². The first-order valence-electron chi connectivity index (χ1n) is 6.39. The van der Waals surface area contributed by atoms with Crippen molar-refractivity contribution in [2.24, 2.45) is 0 Å². The average Bonchev–Trinajstić information content (AvgIpc) is 2.49. The van der Waals surface area contributed by atoms with Gasteiger partial charge in [-0.1, -0.05) is 35.3 Å². The van der Waals surface area contributed by atoms with E-state index in [-0.39, 0.29) is 0 Å². The minimum absolute atomic E-state index is 0.394. The lowest BCUT2D eigenvalue weighted by atomic mass is 10.0. The van der Waals surface area contributed by atoms with Gasteiger partial charge in [0, 0.05) is 16.5 Å². The Morgan fingerprint density at radius 2 is 1.71 bits per heavy atom. The monoisotopic (exact) mass is 326 g/mol. The molecule has 0 heterocycles. The van der Waals surface area contributed by atoms with Crippen molar-refractivity contribution in [2.45, 2.75) is 12.5 Å². The van der Waals surface area contributed by atoms with Gasteiger partial charge in [0.05, 0.1) is 20.3 Å². The SMILES string of the molecule is COc1ccc(C(O)Cc2ccc(Cl)cc2Cl)cc1OC. The van der Waals surface area contributed by atoms with Crippen molar-refractivity contribution in [1.29, 1.82) is 0 Å². The number of hydrogen-bond donors (Lipinski definition) is 1. The molecule has 0 aliphatic heterocycles. The molecule has 0 aliphatic carbocycles. The number of halogens is 2. The molecule has 2 aromatic rings. The predicted octanol–water partition coefficient (Wildman–Crippen LogP) is 4.29. The molecular weight excluding hydrogens is 311 g/mol. The van der Waals surface area contributed by atoms with E-state index in [2.05, 4.69) is 0 Å². The highest BCUT2D eigenvalue weighted by atomic mass is 35.5. The summed E-state index contributed by atoms with van der Waals surface area (Å²) in [5.74, 6) is 1.20. The van der Waals surface area contributed by atoms with E-state index in [1.807, 2.05) is 6.07 Å². The molecule has 0 saturated carbocycles. The number of benzene rings is 2. The first-order chi connectivity index (χ1) is 10.0. The van der Waals surface area contributed by atoms with Gasteiger partial charge in [-0.05, 0) is 35.4 Å². The van der Waals surface area contributed by atoms with Gasteiger partial charge in [-0.3, -0.25) is 0 Å². The van der Waals surface area contributed by atoms with Gasteiger partial charge in [0.1, 0.15) is 0 Å². The van der Waals surface area contributed by atoms with Gasteiger partial charge in [0.25, 0.3) is 0 Å². The zero-order valence-corrected chi connectivity index (χ0v) is 13.3. The van der Waals surface area contributed by atoms with Gasteiger partial charge >= 0.3 is 0 Å². The molecular formula is C16H16Cl2O3. The minimum atomic E-state index is -0.691. The van der Waals surface area contributed by atoms with Crippen LogP contribution in [0.4, 0.5) is 0 Å². The third-order valence-corrected chi connectivity index (χ3v) is 3.81. The molecule has 0 amide bonds. The van der Waals surface area contributed by atoms with Crippen LogP contribution in [0.2, 0.25) is 10.0 Å². The summed E-state index contributed by atoms with van der Waals surface area (Å²) < 4.78 is 10.4. The van der Waals surface area contributed by atoms with Crippen LogP contribution in [0.5, 0.6) is 11.5 Å². The maximum Gasteiger partial charge on any atom is 0.161 e. The Labute approximate surface area is 134 Å². The topological polar surface area (TPSA) is 38.7 Å². The lowest BCUT2D eigenvalue weighted by Gasteiger charge is -2.15. The highest BCUT2D eigenvalue weighted by Crippen LogP contribution is 2.32. The molecule has 1 atom stereocenters. The molecule has 5 heteroatoms. The molecule has 0 aromatic heterocycles. The Bertz CT molecular complexity index is 629. The maximum atomic E-state index is 10.4. The first kappa shape index (κ1) is 16.0. The third-order valence-electron chi connectivity index (χ3n) is 3.22. The van der Waals surface area contributed by atoms with Gasteiger partial charge in [0.2, 0.25) is 0 Å². The van der Waals surface area contributed by atoms with Crippen molar-refractivity contribution in [3.8, 4) is 11.5 Å². The molecule has 0 aliphatic rings. The summed E-state index contributed by atoms with van der Waals surface area (Å²) in [5.41, 5.74) is 1.57. The lowest BCUT2D eigenvalue weighted by molar-refractivity contribution is 0.178. The minimum Gasteiger partial charge on any atom is -0.493 e. The summed E-state index contributed by atoms with van der Waals surface area (Å²) >= 11 is 12.0. The molecule has 0 fully saturated rings. The zero-order valence-electron chi connectivity index (χ0n) is 11.8. The van der Waals surface area contributed by atoms with E-state index >= 15 is 0 Å². The molecule has 0 bridgehead atoms. The molecule has 1 N–H and O–H groups in total. The number of rotatable bonds is 5. The molecule has 0 saturated heterocycles. The van der Waals surface area contributed by atoms with E-state index in [1.54, 1.807) is 44.6 Å². The zero-order chi connectivity index (χ0) is 15.4. The summed E-state index contributed by atoms with van der Waals surface area (Å²) in [7, 11) is 3.13. The normalized spacial score (nSPS) is 12.0. The van der Waals surface area contributed by atoms with Crippen molar-refractivity contribution in [3.05, 3.63) is 57.6 Å². The van der Waals surface area contributed by atoms with Crippen molar-refractivity contribution in [3.63, 3.8) is 0 Å².